The number of aliphatic hydroxyl groups excluding tert-OH is 1. The Kier molecular flexibility index (Phi) is 6.69. The summed E-state index contributed by atoms with van der Waals surface area (Å²) in [5, 5.41) is 9.93. The van der Waals surface area contributed by atoms with Crippen LogP contribution in [0.25, 0.3) is 0 Å². The highest BCUT2D eigenvalue weighted by Crippen LogP contribution is 2.57. The number of allylic oxidation sites excluding steroid dienone is 1. The van der Waals surface area contributed by atoms with E-state index < -0.39 is 41.1 Å². The van der Waals surface area contributed by atoms with Crippen LogP contribution in [0.1, 0.15) is 52.9 Å². The van der Waals surface area contributed by atoms with Crippen LogP contribution in [0.5, 0.6) is 0 Å². The molecule has 2 amide bonds. The zero-order valence-corrected chi connectivity index (χ0v) is 19.9. The average Bonchev–Trinajstić information content (AvgIpc) is 3.15. The van der Waals surface area contributed by atoms with Gasteiger partial charge < -0.3 is 24.4 Å². The number of ether oxygens (including phenoxy) is 2. The molecule has 6 atom stereocenters. The smallest absolute Gasteiger partial charge is 0.313 e. The predicted molar refractivity (Wildman–Crippen MR) is 121 cm³/mol. The lowest BCUT2D eigenvalue weighted by Gasteiger charge is -2.39. The number of likely N-dealkylation sites (tertiary alicyclic amines) is 1. The van der Waals surface area contributed by atoms with Crippen molar-refractivity contribution in [2.24, 2.45) is 11.8 Å². The van der Waals surface area contributed by atoms with E-state index in [0.29, 0.717) is 19.5 Å². The minimum atomic E-state index is -1.29. The molecule has 182 valence electrons. The molecule has 1 N–H and O–H groups in total. The fourth-order valence-corrected chi connectivity index (χ4v) is 5.94. The highest BCUT2D eigenvalue weighted by molar-refractivity contribution is 5.99. The number of rotatable bonds is 6. The van der Waals surface area contributed by atoms with E-state index >= 15 is 0 Å². The molecule has 0 aromatic heterocycles. The van der Waals surface area contributed by atoms with Gasteiger partial charge in [0.1, 0.15) is 17.6 Å². The Bertz CT molecular complexity index is 856. The van der Waals surface area contributed by atoms with Gasteiger partial charge in [-0.2, -0.15) is 0 Å². The van der Waals surface area contributed by atoms with Crippen molar-refractivity contribution in [3.63, 3.8) is 0 Å². The van der Waals surface area contributed by atoms with Crippen molar-refractivity contribution in [1.82, 2.24) is 9.80 Å². The van der Waals surface area contributed by atoms with Gasteiger partial charge in [0.15, 0.2) is 0 Å². The van der Waals surface area contributed by atoms with Gasteiger partial charge in [0.25, 0.3) is 0 Å². The van der Waals surface area contributed by atoms with E-state index in [2.05, 4.69) is 6.92 Å². The van der Waals surface area contributed by atoms with Crippen LogP contribution in [-0.2, 0) is 23.9 Å². The van der Waals surface area contributed by atoms with Crippen molar-refractivity contribution in [1.29, 1.82) is 0 Å². The molecular weight excluding hydrogens is 424 g/mol. The zero-order chi connectivity index (χ0) is 23.8. The highest BCUT2D eigenvalue weighted by Gasteiger charge is 2.75. The summed E-state index contributed by atoms with van der Waals surface area (Å²) >= 11 is 0. The molecular formula is C25H36N2O6. The summed E-state index contributed by atoms with van der Waals surface area (Å²) in [5.41, 5.74) is -2.37. The number of unbranched alkanes of at least 4 members (excludes halogenated alkanes) is 2. The maximum atomic E-state index is 13.9. The SMILES string of the molecule is CCCCCN1CC=C[C@]23O[C@]4(C)/C=C\CCCOC(=O)[C@@H]4[C@H]2C(=O)N([C@H](C)CO)C3C1=O. The van der Waals surface area contributed by atoms with Crippen LogP contribution in [0, 0.1) is 11.8 Å². The van der Waals surface area contributed by atoms with E-state index in [9.17, 15) is 19.5 Å². The molecule has 0 bridgehead atoms. The van der Waals surface area contributed by atoms with Crippen LogP contribution >= 0.6 is 0 Å². The Balaban J connectivity index is 1.81. The first-order valence-corrected chi connectivity index (χ1v) is 12.2. The van der Waals surface area contributed by atoms with Crippen molar-refractivity contribution < 1.29 is 29.0 Å². The summed E-state index contributed by atoms with van der Waals surface area (Å²) in [6.07, 6.45) is 11.9. The first-order chi connectivity index (χ1) is 15.8. The molecule has 1 unspecified atom stereocenters. The summed E-state index contributed by atoms with van der Waals surface area (Å²) in [6, 6.07) is -1.53. The van der Waals surface area contributed by atoms with Crippen LogP contribution < -0.4 is 0 Å². The average molecular weight is 461 g/mol. The van der Waals surface area contributed by atoms with Gasteiger partial charge in [-0.15, -0.1) is 0 Å². The predicted octanol–water partition coefficient (Wildman–Crippen LogP) is 1.82. The number of amides is 2. The summed E-state index contributed by atoms with van der Waals surface area (Å²) < 4.78 is 12.2. The maximum absolute atomic E-state index is 13.9. The van der Waals surface area contributed by atoms with Crippen LogP contribution in [0.2, 0.25) is 0 Å². The molecule has 4 aliphatic heterocycles. The number of fused-ring (bicyclic) bond motifs is 2. The molecule has 8 nitrogen and oxygen atoms in total. The molecule has 0 aromatic carbocycles. The van der Waals surface area contributed by atoms with Gasteiger partial charge in [0.2, 0.25) is 11.8 Å². The van der Waals surface area contributed by atoms with E-state index in [1.54, 1.807) is 18.7 Å². The summed E-state index contributed by atoms with van der Waals surface area (Å²) in [6.45, 7) is 6.64. The van der Waals surface area contributed by atoms with Gasteiger partial charge in [-0.3, -0.25) is 14.4 Å². The highest BCUT2D eigenvalue weighted by atomic mass is 16.6. The number of aliphatic hydroxyl groups is 1. The van der Waals surface area contributed by atoms with Gasteiger partial charge in [0.05, 0.1) is 30.8 Å². The number of carbonyl (C=O) groups is 3. The lowest BCUT2D eigenvalue weighted by atomic mass is 9.74. The topological polar surface area (TPSA) is 96.4 Å². The third kappa shape index (κ3) is 3.81. The van der Waals surface area contributed by atoms with Crippen LogP contribution in [0.15, 0.2) is 24.3 Å². The molecule has 4 aliphatic rings. The minimum absolute atomic E-state index is 0.195. The third-order valence-corrected chi connectivity index (χ3v) is 7.54. The lowest BCUT2D eigenvalue weighted by Crippen LogP contribution is -2.58. The Morgan fingerprint density at radius 1 is 1.15 bits per heavy atom. The number of carbonyl (C=O) groups excluding carboxylic acids is 3. The fourth-order valence-electron chi connectivity index (χ4n) is 5.94. The Morgan fingerprint density at radius 3 is 2.67 bits per heavy atom. The van der Waals surface area contributed by atoms with Gasteiger partial charge in [-0.05, 0) is 33.1 Å². The Hall–Kier alpha value is -2.19. The quantitative estimate of drug-likeness (QED) is 0.369. The van der Waals surface area contributed by atoms with Crippen LogP contribution in [0.3, 0.4) is 0 Å². The van der Waals surface area contributed by atoms with E-state index in [1.165, 1.54) is 4.90 Å². The first-order valence-electron chi connectivity index (χ1n) is 12.2. The van der Waals surface area contributed by atoms with Crippen LogP contribution in [0.4, 0.5) is 0 Å². The second-order valence-electron chi connectivity index (χ2n) is 9.88. The fraction of sp³-hybridized carbons (Fsp3) is 0.720. The van der Waals surface area contributed by atoms with E-state index in [1.807, 2.05) is 24.3 Å². The number of hydrogen-bond donors (Lipinski definition) is 1. The number of nitrogens with zero attached hydrogens (tertiary/aromatic N) is 2. The summed E-state index contributed by atoms with van der Waals surface area (Å²) in [4.78, 5) is 44.3. The monoisotopic (exact) mass is 460 g/mol. The molecule has 4 heterocycles. The van der Waals surface area contributed by atoms with Crippen molar-refractivity contribution in [2.75, 3.05) is 26.3 Å². The van der Waals surface area contributed by atoms with Gasteiger partial charge in [-0.1, -0.05) is 44.1 Å². The van der Waals surface area contributed by atoms with E-state index in [-0.39, 0.29) is 25.0 Å². The normalized spacial score (nSPS) is 37.9. The second kappa shape index (κ2) is 9.22. The maximum Gasteiger partial charge on any atom is 0.313 e. The van der Waals surface area contributed by atoms with E-state index in [4.69, 9.17) is 9.47 Å². The van der Waals surface area contributed by atoms with Gasteiger partial charge in [-0.25, -0.2) is 0 Å². The summed E-state index contributed by atoms with van der Waals surface area (Å²) in [5.74, 6) is -2.77. The molecule has 2 fully saturated rings. The first kappa shape index (κ1) is 24.0. The Morgan fingerprint density at radius 2 is 1.94 bits per heavy atom. The molecule has 8 heteroatoms. The molecule has 33 heavy (non-hydrogen) atoms. The van der Waals surface area contributed by atoms with E-state index in [0.717, 1.165) is 25.7 Å². The molecule has 4 rings (SSSR count). The largest absolute Gasteiger partial charge is 0.465 e. The lowest BCUT2D eigenvalue weighted by molar-refractivity contribution is -0.161. The third-order valence-electron chi connectivity index (χ3n) is 7.54. The molecule has 2 saturated heterocycles. The summed E-state index contributed by atoms with van der Waals surface area (Å²) in [7, 11) is 0. The molecule has 1 spiro atoms. The number of cyclic esters (lactones) is 1. The minimum Gasteiger partial charge on any atom is -0.465 e. The Labute approximate surface area is 195 Å². The zero-order valence-electron chi connectivity index (χ0n) is 19.9. The van der Waals surface area contributed by atoms with Crippen molar-refractivity contribution in [2.45, 2.75) is 76.2 Å². The number of hydrogen-bond acceptors (Lipinski definition) is 6. The van der Waals surface area contributed by atoms with Crippen molar-refractivity contribution in [3.05, 3.63) is 24.3 Å². The number of esters is 1. The second-order valence-corrected chi connectivity index (χ2v) is 9.88. The van der Waals surface area contributed by atoms with Gasteiger partial charge in [0, 0.05) is 13.1 Å². The standard InChI is InChI=1S/C25H36N2O6/c1-4-5-8-13-26-14-10-12-25-18(21(29)27(17(2)16-28)20(25)22(26)30)19-23(31)32-15-9-6-7-11-24(19,3)33-25/h7,10-12,17-20,28H,4-6,8-9,13-16H2,1-3H3/b11-7-/t17-,18+,19+,20?,24-,25+/m1/s1. The van der Waals surface area contributed by atoms with Gasteiger partial charge >= 0.3 is 5.97 Å². The molecule has 0 radical (unpaired) electrons. The van der Waals surface area contributed by atoms with Crippen molar-refractivity contribution >= 4 is 17.8 Å². The molecule has 0 aromatic rings. The molecule has 0 aliphatic carbocycles. The van der Waals surface area contributed by atoms with Crippen molar-refractivity contribution in [3.8, 4) is 0 Å². The van der Waals surface area contributed by atoms with Crippen LogP contribution in [-0.4, -0.2) is 82.3 Å². The molecule has 0 saturated carbocycles.